The van der Waals surface area contributed by atoms with Crippen LogP contribution in [0.15, 0.2) is 103 Å². The fourth-order valence-electron chi connectivity index (χ4n) is 7.24. The summed E-state index contributed by atoms with van der Waals surface area (Å²) in [5.74, 6) is 0.507. The van der Waals surface area contributed by atoms with E-state index >= 15 is 0 Å². The van der Waals surface area contributed by atoms with Crippen molar-refractivity contribution in [1.82, 2.24) is 0 Å². The molecule has 46 heavy (non-hydrogen) atoms. The van der Waals surface area contributed by atoms with Crippen LogP contribution in [0, 0.1) is 10.4 Å². The minimum Gasteiger partial charge on any atom is -1.00 e. The average molecular weight is 724 g/mol. The number of allylic oxidation sites excluding steroid dienone is 4. The van der Waals surface area contributed by atoms with Gasteiger partial charge in [0.25, 0.3) is 0 Å². The third-order valence-electron chi connectivity index (χ3n) is 9.74. The molecule has 0 aromatic heterocycles. The Morgan fingerprint density at radius 1 is 0.652 bits per heavy atom. The zero-order valence-corrected chi connectivity index (χ0v) is 32.4. The van der Waals surface area contributed by atoms with Crippen LogP contribution in [0.3, 0.4) is 0 Å². The SMILES string of the molecule is CC(C(=c1c(C(C)(C)C)cc2c(c1C1=CC=CC1)[C]([Zr+2])=c1ccc(C(C)(C)C)cc1=2)C(C)c1ccccc1)c1ccccc1.[Cl-].[Cl-]. The fraction of sp³-hybridized carbons (Fsp3) is 0.302. The predicted octanol–water partition coefficient (Wildman–Crippen LogP) is 3.69. The second kappa shape index (κ2) is 14.0. The first-order valence-electron chi connectivity index (χ1n) is 16.2. The monoisotopic (exact) mass is 721 g/mol. The van der Waals surface area contributed by atoms with Crippen LogP contribution >= 0.6 is 0 Å². The summed E-state index contributed by atoms with van der Waals surface area (Å²) in [5, 5.41) is 5.73. The Labute approximate surface area is 303 Å². The Morgan fingerprint density at radius 2 is 1.22 bits per heavy atom. The van der Waals surface area contributed by atoms with E-state index in [1.54, 1.807) is 0 Å². The van der Waals surface area contributed by atoms with E-state index in [9.17, 15) is 0 Å². The number of hydrogen-bond acceptors (Lipinski definition) is 0. The molecule has 0 bridgehead atoms. The summed E-state index contributed by atoms with van der Waals surface area (Å²) < 4.78 is 1.49. The predicted molar refractivity (Wildman–Crippen MR) is 185 cm³/mol. The van der Waals surface area contributed by atoms with E-state index in [-0.39, 0.29) is 47.5 Å². The summed E-state index contributed by atoms with van der Waals surface area (Å²) in [6, 6.07) is 32.2. The minimum atomic E-state index is -0.0462. The average Bonchev–Trinajstić information content (AvgIpc) is 3.63. The molecule has 0 amide bonds. The van der Waals surface area contributed by atoms with Crippen molar-refractivity contribution in [1.29, 1.82) is 0 Å². The molecule has 4 aromatic carbocycles. The van der Waals surface area contributed by atoms with Crippen LogP contribution in [-0.4, -0.2) is 0 Å². The molecule has 0 saturated carbocycles. The van der Waals surface area contributed by atoms with E-state index in [1.807, 2.05) is 0 Å². The molecule has 0 fully saturated rings. The molecule has 2 aliphatic carbocycles. The van der Waals surface area contributed by atoms with Crippen molar-refractivity contribution in [2.75, 3.05) is 0 Å². The summed E-state index contributed by atoms with van der Waals surface area (Å²) in [6.45, 7) is 19.1. The molecule has 0 aliphatic heterocycles. The first kappa shape index (κ1) is 36.4. The molecule has 2 atom stereocenters. The second-order valence-corrected chi connectivity index (χ2v) is 16.0. The quantitative estimate of drug-likeness (QED) is 0.295. The van der Waals surface area contributed by atoms with Crippen LogP contribution in [0.2, 0.25) is 0 Å². The Balaban J connectivity index is 0.00000240. The minimum absolute atomic E-state index is 0. The van der Waals surface area contributed by atoms with Crippen LogP contribution in [0.4, 0.5) is 0 Å². The van der Waals surface area contributed by atoms with E-state index in [1.165, 1.54) is 93.4 Å². The zero-order chi connectivity index (χ0) is 31.4. The topological polar surface area (TPSA) is 0 Å². The van der Waals surface area contributed by atoms with Gasteiger partial charge in [-0.1, -0.05) is 0 Å². The zero-order valence-electron chi connectivity index (χ0n) is 28.4. The van der Waals surface area contributed by atoms with Gasteiger partial charge in [0, 0.05) is 0 Å². The molecule has 0 spiro atoms. The third kappa shape index (κ3) is 6.63. The summed E-state index contributed by atoms with van der Waals surface area (Å²) in [7, 11) is 0. The van der Waals surface area contributed by atoms with Crippen molar-refractivity contribution in [3.63, 3.8) is 0 Å². The van der Waals surface area contributed by atoms with Crippen molar-refractivity contribution in [2.45, 2.75) is 84.5 Å². The summed E-state index contributed by atoms with van der Waals surface area (Å²) >= 11 is 1.48. The van der Waals surface area contributed by atoms with Crippen LogP contribution in [0.25, 0.3) is 14.4 Å². The largest absolute Gasteiger partial charge is 1.00 e. The van der Waals surface area contributed by atoms with Crippen LogP contribution < -0.4 is 35.3 Å². The summed E-state index contributed by atoms with van der Waals surface area (Å²) in [4.78, 5) is 0. The molecule has 0 saturated heterocycles. The van der Waals surface area contributed by atoms with Crippen molar-refractivity contribution < 1.29 is 49.5 Å². The van der Waals surface area contributed by atoms with E-state index in [4.69, 9.17) is 0 Å². The van der Waals surface area contributed by atoms with E-state index in [0.717, 1.165) is 6.42 Å². The van der Waals surface area contributed by atoms with Gasteiger partial charge in [-0.25, -0.2) is 0 Å². The normalized spacial score (nSPS) is 14.9. The molecule has 0 nitrogen and oxygen atoms in total. The third-order valence-corrected chi connectivity index (χ3v) is 11.0. The Morgan fingerprint density at radius 3 is 1.70 bits per heavy atom. The maximum Gasteiger partial charge on any atom is -1.00 e. The molecule has 2 aliphatic rings. The molecular formula is C43H45Cl2Zr. The standard InChI is InChI=1S/C43H45.2ClH.Zr/c1-28(30-17-11-9-12-18-30)39(29(2)31-19-13-10-14-20-31)41-38(43(6,7)8)27-36-35-26-34(42(3,4)5)24-23-33(35)25-37(36)40(41)32-21-15-16-22-32;;;/h9-21,23-24,26-29H,22H2,1-8H3;2*1H;/q;;;+2/p-2. The number of benzene rings is 4. The van der Waals surface area contributed by atoms with Crippen molar-refractivity contribution in [3.8, 4) is 0 Å². The van der Waals surface area contributed by atoms with Gasteiger partial charge < -0.3 is 24.8 Å². The van der Waals surface area contributed by atoms with Crippen LogP contribution in [0.1, 0.15) is 107 Å². The van der Waals surface area contributed by atoms with Gasteiger partial charge in [0.2, 0.25) is 0 Å². The van der Waals surface area contributed by atoms with Gasteiger partial charge in [-0.15, -0.1) is 0 Å². The number of halogens is 2. The van der Waals surface area contributed by atoms with Crippen molar-refractivity contribution >= 4 is 14.4 Å². The molecule has 0 heterocycles. The molecule has 6 rings (SSSR count). The number of fused-ring (bicyclic) bond motifs is 2. The fourth-order valence-corrected chi connectivity index (χ4v) is 8.41. The Kier molecular flexibility index (Phi) is 11.0. The maximum absolute atomic E-state index is 2.59. The van der Waals surface area contributed by atoms with Crippen LogP contribution in [0.5, 0.6) is 0 Å². The van der Waals surface area contributed by atoms with Gasteiger partial charge in [0.1, 0.15) is 0 Å². The van der Waals surface area contributed by atoms with Gasteiger partial charge in [-0.3, -0.25) is 0 Å². The summed E-state index contributed by atoms with van der Waals surface area (Å²) in [5.41, 5.74) is 11.6. The van der Waals surface area contributed by atoms with Crippen molar-refractivity contribution in [2.24, 2.45) is 0 Å². The van der Waals surface area contributed by atoms with E-state index in [0.29, 0.717) is 0 Å². The van der Waals surface area contributed by atoms with E-state index in [2.05, 4.69) is 159 Å². The van der Waals surface area contributed by atoms with Gasteiger partial charge in [0.15, 0.2) is 0 Å². The number of hydrogen-bond donors (Lipinski definition) is 0. The van der Waals surface area contributed by atoms with Gasteiger partial charge in [0.05, 0.1) is 0 Å². The molecule has 235 valence electrons. The van der Waals surface area contributed by atoms with Gasteiger partial charge in [-0.05, 0) is 0 Å². The Bertz CT molecular complexity index is 1980. The van der Waals surface area contributed by atoms with Crippen molar-refractivity contribution in [3.05, 3.63) is 157 Å². The maximum atomic E-state index is 2.59. The first-order chi connectivity index (χ1) is 20.9. The Hall–Kier alpha value is -2.44. The van der Waals surface area contributed by atoms with Gasteiger partial charge in [-0.2, -0.15) is 0 Å². The number of rotatable bonds is 5. The molecule has 0 radical (unpaired) electrons. The first-order valence-corrected chi connectivity index (χ1v) is 17.4. The smallest absolute Gasteiger partial charge is 1.00 e. The molecule has 2 unspecified atom stereocenters. The molecule has 4 aromatic rings. The van der Waals surface area contributed by atoms with Gasteiger partial charge >= 0.3 is 281 Å². The van der Waals surface area contributed by atoms with Crippen LogP contribution in [-0.2, 0) is 35.5 Å². The van der Waals surface area contributed by atoms with E-state index < -0.39 is 0 Å². The molecular weight excluding hydrogens is 679 g/mol. The summed E-state index contributed by atoms with van der Waals surface area (Å²) in [6.07, 6.45) is 7.96. The molecule has 3 heteroatoms. The second-order valence-electron chi connectivity index (χ2n) is 14.8. The molecule has 0 N–H and O–H groups in total.